The number of hydrogen-bond acceptors (Lipinski definition) is 11. The van der Waals surface area contributed by atoms with Crippen LogP contribution in [0, 0.1) is 11.8 Å². The summed E-state index contributed by atoms with van der Waals surface area (Å²) < 4.78 is 11.5. The molecule has 0 spiro atoms. The van der Waals surface area contributed by atoms with E-state index in [1.165, 1.54) is 0 Å². The molecule has 0 fully saturated rings. The molecule has 0 saturated heterocycles. The maximum absolute atomic E-state index is 14.7. The summed E-state index contributed by atoms with van der Waals surface area (Å²) in [6, 6.07) is 31.4. The summed E-state index contributed by atoms with van der Waals surface area (Å²) in [6.07, 6.45) is -0.994. The zero-order chi connectivity index (χ0) is 52.5. The highest BCUT2D eigenvalue weighted by Crippen LogP contribution is 2.22. The Bertz CT molecular complexity index is 2160. The van der Waals surface area contributed by atoms with Crippen LogP contribution in [0.4, 0.5) is 9.59 Å². The number of rotatable bonds is 22. The molecule has 4 aromatic carbocycles. The number of nitrogens with zero attached hydrogens (tertiary/aromatic N) is 2. The van der Waals surface area contributed by atoms with E-state index in [9.17, 15) is 28.8 Å². The zero-order valence-corrected chi connectivity index (χ0v) is 43.2. The van der Waals surface area contributed by atoms with E-state index in [0.29, 0.717) is 12.8 Å². The highest BCUT2D eigenvalue weighted by Gasteiger charge is 2.43. The van der Waals surface area contributed by atoms with Crippen LogP contribution in [0.5, 0.6) is 0 Å². The first-order chi connectivity index (χ1) is 33.4. The largest absolute Gasteiger partial charge is 0.443 e. The van der Waals surface area contributed by atoms with Crippen LogP contribution < -0.4 is 27.4 Å². The van der Waals surface area contributed by atoms with Gasteiger partial charge in [-0.3, -0.25) is 19.2 Å². The molecule has 6 atom stereocenters. The molecule has 71 heavy (non-hydrogen) atoms. The molecule has 0 saturated carbocycles. The molecular formula is C56H77N7O8. The number of carbonyl (C=O) groups is 6. The van der Waals surface area contributed by atoms with Crippen LogP contribution in [0.1, 0.15) is 91.5 Å². The SMILES string of the molecule is CC(C)[C@@H](C(=O)N[C@H](CNC[C@H](Cc1ccccc1)NC(=O)[C@H](C(C)C)N(C(=O)OC(C)(C)C)C(=O)[C@@H](N)Cc1ccccc1)Cc1ccccc1)N(C(=O)OC(C)(C)C)C(=O)[C@@H](N)Cc1ccccc1. The molecule has 4 aromatic rings. The van der Waals surface area contributed by atoms with E-state index in [-0.39, 0.29) is 25.9 Å². The molecule has 0 aliphatic rings. The van der Waals surface area contributed by atoms with Crippen molar-refractivity contribution in [2.45, 2.75) is 142 Å². The molecule has 0 aliphatic carbocycles. The van der Waals surface area contributed by atoms with Gasteiger partial charge in [-0.05, 0) is 101 Å². The number of nitrogens with two attached hydrogens (primary N) is 2. The Balaban J connectivity index is 1.65. The van der Waals surface area contributed by atoms with E-state index in [4.69, 9.17) is 20.9 Å². The van der Waals surface area contributed by atoms with Gasteiger partial charge in [0.25, 0.3) is 0 Å². The van der Waals surface area contributed by atoms with Gasteiger partial charge < -0.3 is 36.9 Å². The average molecular weight is 976 g/mol. The lowest BCUT2D eigenvalue weighted by molar-refractivity contribution is -0.142. The number of benzene rings is 4. The van der Waals surface area contributed by atoms with E-state index in [0.717, 1.165) is 32.1 Å². The fraction of sp³-hybridized carbons (Fsp3) is 0.464. The standard InChI is InChI=1S/C56H77N7O8/c1-37(2)47(62(53(68)70-55(5,6)7)51(66)45(57)33-41-27-19-13-20-28-41)49(64)60-43(31-39-23-15-11-16-24-39)35-59-36-44(32-40-25-17-12-18-26-40)61-50(65)48(38(3)4)63(54(69)71-56(8,9)10)52(67)46(58)34-42-29-21-14-22-30-42/h11-30,37-38,43-48,59H,31-36,57-58H2,1-10H3,(H,60,64)(H,61,65)/t43-,44-,45-,46-,47-,48-/m0/s1. The Morgan fingerprint density at radius 3 is 0.986 bits per heavy atom. The van der Waals surface area contributed by atoms with Gasteiger partial charge in [0.1, 0.15) is 23.3 Å². The van der Waals surface area contributed by atoms with E-state index >= 15 is 0 Å². The van der Waals surface area contributed by atoms with Crippen molar-refractivity contribution in [2.24, 2.45) is 23.3 Å². The Hall–Kier alpha value is -6.42. The molecule has 384 valence electrons. The minimum atomic E-state index is -1.30. The first-order valence-corrected chi connectivity index (χ1v) is 24.5. The second-order valence-electron chi connectivity index (χ2n) is 20.8. The molecule has 0 unspecified atom stereocenters. The highest BCUT2D eigenvalue weighted by molar-refractivity contribution is 6.01. The van der Waals surface area contributed by atoms with E-state index in [2.05, 4.69) is 16.0 Å². The molecule has 6 amide bonds. The first kappa shape index (κ1) is 57.2. The summed E-state index contributed by atoms with van der Waals surface area (Å²) in [5, 5.41) is 9.73. The Labute approximate surface area is 420 Å². The van der Waals surface area contributed by atoms with Crippen LogP contribution in [0.25, 0.3) is 0 Å². The van der Waals surface area contributed by atoms with Crippen LogP contribution in [-0.4, -0.2) is 106 Å². The third-order valence-electron chi connectivity index (χ3n) is 11.4. The maximum atomic E-state index is 14.7. The van der Waals surface area contributed by atoms with Gasteiger partial charge in [-0.2, -0.15) is 0 Å². The summed E-state index contributed by atoms with van der Waals surface area (Å²) >= 11 is 0. The highest BCUT2D eigenvalue weighted by atomic mass is 16.6. The molecule has 7 N–H and O–H groups in total. The predicted octanol–water partition coefficient (Wildman–Crippen LogP) is 6.75. The van der Waals surface area contributed by atoms with E-state index in [1.807, 2.05) is 121 Å². The number of hydrogen-bond donors (Lipinski definition) is 5. The van der Waals surface area contributed by atoms with Crippen molar-refractivity contribution in [2.75, 3.05) is 13.1 Å². The molecule has 0 radical (unpaired) electrons. The quantitative estimate of drug-likeness (QED) is 0.0556. The number of carbonyl (C=O) groups excluding carboxylic acids is 6. The van der Waals surface area contributed by atoms with Crippen molar-refractivity contribution in [3.8, 4) is 0 Å². The second-order valence-corrected chi connectivity index (χ2v) is 20.8. The molecule has 4 rings (SSSR count). The molecule has 0 heterocycles. The minimum Gasteiger partial charge on any atom is -0.443 e. The first-order valence-electron chi connectivity index (χ1n) is 24.5. The topological polar surface area (TPSA) is 215 Å². The zero-order valence-electron chi connectivity index (χ0n) is 43.2. The van der Waals surface area contributed by atoms with Crippen molar-refractivity contribution in [1.82, 2.24) is 25.8 Å². The van der Waals surface area contributed by atoms with Crippen molar-refractivity contribution in [3.63, 3.8) is 0 Å². The maximum Gasteiger partial charge on any atom is 0.417 e. The Morgan fingerprint density at radius 1 is 0.465 bits per heavy atom. The van der Waals surface area contributed by atoms with Gasteiger partial charge in [-0.15, -0.1) is 0 Å². The fourth-order valence-electron chi connectivity index (χ4n) is 8.16. The van der Waals surface area contributed by atoms with Crippen LogP contribution >= 0.6 is 0 Å². The monoisotopic (exact) mass is 976 g/mol. The summed E-state index contributed by atoms with van der Waals surface area (Å²) in [6.45, 7) is 17.4. The van der Waals surface area contributed by atoms with Crippen molar-refractivity contribution >= 4 is 35.8 Å². The van der Waals surface area contributed by atoms with Gasteiger partial charge in [0.15, 0.2) is 0 Å². The van der Waals surface area contributed by atoms with Gasteiger partial charge in [0.2, 0.25) is 23.6 Å². The van der Waals surface area contributed by atoms with Crippen molar-refractivity contribution < 1.29 is 38.2 Å². The lowest BCUT2D eigenvalue weighted by Crippen LogP contribution is -2.61. The molecule has 15 heteroatoms. The van der Waals surface area contributed by atoms with Crippen LogP contribution in [0.3, 0.4) is 0 Å². The van der Waals surface area contributed by atoms with Gasteiger partial charge in [-0.25, -0.2) is 19.4 Å². The molecule has 15 nitrogen and oxygen atoms in total. The van der Waals surface area contributed by atoms with Gasteiger partial charge in [0, 0.05) is 25.2 Å². The number of nitrogens with one attached hydrogen (secondary N) is 3. The predicted molar refractivity (Wildman–Crippen MR) is 277 cm³/mol. The van der Waals surface area contributed by atoms with Crippen LogP contribution in [0.2, 0.25) is 0 Å². The summed E-state index contributed by atoms with van der Waals surface area (Å²) in [4.78, 5) is 87.7. The number of amides is 6. The van der Waals surface area contributed by atoms with Crippen LogP contribution in [-0.2, 0) is 54.3 Å². The Kier molecular flexibility index (Phi) is 21.5. The number of imide groups is 2. The van der Waals surface area contributed by atoms with Crippen LogP contribution in [0.15, 0.2) is 121 Å². The third-order valence-corrected chi connectivity index (χ3v) is 11.4. The summed E-state index contributed by atoms with van der Waals surface area (Å²) in [5.41, 5.74) is 14.4. The molecule has 0 aliphatic heterocycles. The molecule has 0 aromatic heterocycles. The van der Waals surface area contributed by atoms with E-state index in [1.54, 1.807) is 69.2 Å². The molecular weight excluding hydrogens is 899 g/mol. The normalized spacial score (nSPS) is 14.3. The lowest BCUT2D eigenvalue weighted by Gasteiger charge is -2.36. The second kappa shape index (κ2) is 26.7. The Morgan fingerprint density at radius 2 is 0.732 bits per heavy atom. The summed E-state index contributed by atoms with van der Waals surface area (Å²) in [5.74, 6) is -3.78. The lowest BCUT2D eigenvalue weighted by atomic mass is 9.97. The van der Waals surface area contributed by atoms with E-state index < -0.39 is 95.1 Å². The van der Waals surface area contributed by atoms with Gasteiger partial charge >= 0.3 is 12.2 Å². The van der Waals surface area contributed by atoms with Gasteiger partial charge in [0.05, 0.1) is 12.1 Å². The fourth-order valence-corrected chi connectivity index (χ4v) is 8.16. The summed E-state index contributed by atoms with van der Waals surface area (Å²) in [7, 11) is 0. The van der Waals surface area contributed by atoms with Gasteiger partial charge in [-0.1, -0.05) is 149 Å². The third kappa shape index (κ3) is 18.7. The minimum absolute atomic E-state index is 0.127. The molecule has 0 bridgehead atoms. The smallest absolute Gasteiger partial charge is 0.417 e. The van der Waals surface area contributed by atoms with Crippen molar-refractivity contribution in [3.05, 3.63) is 144 Å². The average Bonchev–Trinajstić information content (AvgIpc) is 3.29. The van der Waals surface area contributed by atoms with Crippen molar-refractivity contribution in [1.29, 1.82) is 0 Å². The number of ether oxygens (including phenoxy) is 2.